The minimum absolute atomic E-state index is 0.0735. The number of hydrogen-bond acceptors (Lipinski definition) is 5. The number of halogens is 1. The molecular weight excluding hydrogens is 336 g/mol. The normalized spacial score (nSPS) is 17.8. The minimum Gasteiger partial charge on any atom is -0.496 e. The third-order valence-electron chi connectivity index (χ3n) is 3.74. The van der Waals surface area contributed by atoms with Crippen LogP contribution in [0.15, 0.2) is 18.2 Å². The van der Waals surface area contributed by atoms with E-state index in [2.05, 4.69) is 0 Å². The Kier molecular flexibility index (Phi) is 6.42. The van der Waals surface area contributed by atoms with Crippen LogP contribution in [0.25, 0.3) is 0 Å². The fraction of sp³-hybridized carbons (Fsp3) is 0.500. The number of rotatable bonds is 6. The number of likely N-dealkylation sites (N-methyl/N-ethyl adjacent to an activating group) is 1. The molecule has 8 heteroatoms. The summed E-state index contributed by atoms with van der Waals surface area (Å²) in [5.74, 6) is -0.608. The monoisotopic (exact) mass is 356 g/mol. The molecular formula is C16H21ClN2O5. The van der Waals surface area contributed by atoms with E-state index in [4.69, 9.17) is 26.2 Å². The van der Waals surface area contributed by atoms with Gasteiger partial charge in [-0.2, -0.15) is 0 Å². The molecule has 0 aliphatic carbocycles. The van der Waals surface area contributed by atoms with E-state index in [1.54, 1.807) is 35.0 Å². The van der Waals surface area contributed by atoms with E-state index >= 15 is 0 Å². The number of aliphatic carboxylic acids is 1. The van der Waals surface area contributed by atoms with Crippen LogP contribution in [-0.4, -0.2) is 79.8 Å². The summed E-state index contributed by atoms with van der Waals surface area (Å²) in [6, 6.07) is 4.91. The van der Waals surface area contributed by atoms with Crippen molar-refractivity contribution in [3.63, 3.8) is 0 Å². The van der Waals surface area contributed by atoms with Gasteiger partial charge in [0.15, 0.2) is 0 Å². The first kappa shape index (κ1) is 18.5. The lowest BCUT2D eigenvalue weighted by atomic mass is 10.1. The van der Waals surface area contributed by atoms with Crippen molar-refractivity contribution in [1.82, 2.24) is 9.80 Å². The first-order chi connectivity index (χ1) is 11.4. The number of carbonyl (C=O) groups excluding carboxylic acids is 1. The largest absolute Gasteiger partial charge is 0.496 e. The van der Waals surface area contributed by atoms with Crippen molar-refractivity contribution < 1.29 is 24.2 Å². The highest BCUT2D eigenvalue weighted by atomic mass is 35.5. The first-order valence-corrected chi connectivity index (χ1v) is 7.93. The zero-order chi connectivity index (χ0) is 17.7. The van der Waals surface area contributed by atoms with Crippen LogP contribution in [0.4, 0.5) is 0 Å². The predicted octanol–water partition coefficient (Wildman–Crippen LogP) is 1.21. The van der Waals surface area contributed by atoms with Gasteiger partial charge in [0.05, 0.1) is 31.9 Å². The highest BCUT2D eigenvalue weighted by Crippen LogP contribution is 2.24. The maximum Gasteiger partial charge on any atom is 0.317 e. The molecule has 1 aromatic rings. The highest BCUT2D eigenvalue weighted by molar-refractivity contribution is 6.31. The number of ether oxygens (including phenoxy) is 2. The van der Waals surface area contributed by atoms with Crippen LogP contribution in [0.3, 0.4) is 0 Å². The molecule has 1 aliphatic heterocycles. The number of carboxylic acid groups (broad SMARTS) is 1. The Hall–Kier alpha value is -1.83. The Balaban J connectivity index is 2.05. The lowest BCUT2D eigenvalue weighted by Gasteiger charge is -2.34. The van der Waals surface area contributed by atoms with Gasteiger partial charge in [-0.15, -0.1) is 0 Å². The molecule has 0 radical (unpaired) electrons. The molecule has 132 valence electrons. The van der Waals surface area contributed by atoms with Gasteiger partial charge in [0.25, 0.3) is 5.91 Å². The van der Waals surface area contributed by atoms with Gasteiger partial charge in [0, 0.05) is 24.7 Å². The Morgan fingerprint density at radius 3 is 2.92 bits per heavy atom. The third-order valence-corrected chi connectivity index (χ3v) is 3.97. The summed E-state index contributed by atoms with van der Waals surface area (Å²) in [6.45, 7) is 1.62. The molecule has 1 aliphatic rings. The molecule has 1 saturated heterocycles. The summed E-state index contributed by atoms with van der Waals surface area (Å²) < 4.78 is 10.9. The quantitative estimate of drug-likeness (QED) is 0.825. The Bertz CT molecular complexity index is 610. The summed E-state index contributed by atoms with van der Waals surface area (Å²) in [5.41, 5.74) is 0.407. The zero-order valence-corrected chi connectivity index (χ0v) is 14.5. The van der Waals surface area contributed by atoms with E-state index in [0.29, 0.717) is 42.6 Å². The van der Waals surface area contributed by atoms with Gasteiger partial charge in [0.2, 0.25) is 0 Å². The molecule has 1 fully saturated rings. The number of morpholine rings is 1. The summed E-state index contributed by atoms with van der Waals surface area (Å²) in [4.78, 5) is 26.8. The van der Waals surface area contributed by atoms with Crippen LogP contribution in [0.2, 0.25) is 5.02 Å². The second kappa shape index (κ2) is 8.32. The predicted molar refractivity (Wildman–Crippen MR) is 88.8 cm³/mol. The number of benzene rings is 1. The van der Waals surface area contributed by atoms with Crippen LogP contribution in [-0.2, 0) is 9.53 Å². The van der Waals surface area contributed by atoms with E-state index in [9.17, 15) is 9.59 Å². The molecule has 1 aromatic carbocycles. The van der Waals surface area contributed by atoms with Crippen LogP contribution < -0.4 is 4.74 Å². The molecule has 1 atom stereocenters. The molecule has 1 unspecified atom stereocenters. The van der Waals surface area contributed by atoms with Gasteiger partial charge >= 0.3 is 5.97 Å². The molecule has 0 bridgehead atoms. The number of methoxy groups -OCH3 is 1. The van der Waals surface area contributed by atoms with Crippen molar-refractivity contribution in [3.8, 4) is 5.75 Å². The maximum absolute atomic E-state index is 12.8. The van der Waals surface area contributed by atoms with Gasteiger partial charge < -0.3 is 19.5 Å². The molecule has 1 N–H and O–H groups in total. The molecule has 0 saturated carbocycles. The SMILES string of the molecule is COc1ccc(Cl)cc1C(=O)N1CCOC(CN(C)CC(=O)O)C1. The van der Waals surface area contributed by atoms with Crippen molar-refractivity contribution in [1.29, 1.82) is 0 Å². The highest BCUT2D eigenvalue weighted by Gasteiger charge is 2.27. The second-order valence-corrected chi connectivity index (χ2v) is 6.12. The Morgan fingerprint density at radius 2 is 2.25 bits per heavy atom. The fourth-order valence-electron chi connectivity index (χ4n) is 2.68. The Morgan fingerprint density at radius 1 is 1.50 bits per heavy atom. The van der Waals surface area contributed by atoms with E-state index in [1.165, 1.54) is 7.11 Å². The number of carboxylic acids is 1. The van der Waals surface area contributed by atoms with Gasteiger partial charge in [-0.1, -0.05) is 11.6 Å². The number of amides is 1. The van der Waals surface area contributed by atoms with Crippen molar-refractivity contribution in [2.24, 2.45) is 0 Å². The van der Waals surface area contributed by atoms with Gasteiger partial charge in [-0.25, -0.2) is 0 Å². The van der Waals surface area contributed by atoms with Crippen molar-refractivity contribution in [2.45, 2.75) is 6.10 Å². The summed E-state index contributed by atoms with van der Waals surface area (Å²) >= 11 is 5.99. The van der Waals surface area contributed by atoms with E-state index in [0.717, 1.165) is 0 Å². The average molecular weight is 357 g/mol. The first-order valence-electron chi connectivity index (χ1n) is 7.55. The van der Waals surface area contributed by atoms with Gasteiger partial charge in [-0.05, 0) is 25.2 Å². The van der Waals surface area contributed by atoms with Crippen molar-refractivity contribution in [2.75, 3.05) is 46.9 Å². The smallest absolute Gasteiger partial charge is 0.317 e. The average Bonchev–Trinajstić information content (AvgIpc) is 2.53. The summed E-state index contributed by atoms with van der Waals surface area (Å²) in [6.07, 6.45) is -0.239. The molecule has 0 aromatic heterocycles. The molecule has 0 spiro atoms. The van der Waals surface area contributed by atoms with Gasteiger partial charge in [-0.3, -0.25) is 14.5 Å². The van der Waals surface area contributed by atoms with Crippen molar-refractivity contribution in [3.05, 3.63) is 28.8 Å². The lowest BCUT2D eigenvalue weighted by molar-refractivity contribution is -0.138. The molecule has 1 heterocycles. The second-order valence-electron chi connectivity index (χ2n) is 5.68. The molecule has 24 heavy (non-hydrogen) atoms. The topological polar surface area (TPSA) is 79.3 Å². The lowest BCUT2D eigenvalue weighted by Crippen LogP contribution is -2.49. The summed E-state index contributed by atoms with van der Waals surface area (Å²) in [7, 11) is 3.21. The molecule has 1 amide bonds. The van der Waals surface area contributed by atoms with Crippen LogP contribution >= 0.6 is 11.6 Å². The van der Waals surface area contributed by atoms with Crippen LogP contribution in [0, 0.1) is 0 Å². The van der Waals surface area contributed by atoms with E-state index in [1.807, 2.05) is 0 Å². The zero-order valence-electron chi connectivity index (χ0n) is 13.7. The van der Waals surface area contributed by atoms with E-state index < -0.39 is 5.97 Å². The molecule has 7 nitrogen and oxygen atoms in total. The fourth-order valence-corrected chi connectivity index (χ4v) is 2.85. The molecule has 2 rings (SSSR count). The number of nitrogens with zero attached hydrogens (tertiary/aromatic N) is 2. The van der Waals surface area contributed by atoms with Crippen LogP contribution in [0.1, 0.15) is 10.4 Å². The van der Waals surface area contributed by atoms with Crippen molar-refractivity contribution >= 4 is 23.5 Å². The third kappa shape index (κ3) is 4.83. The van der Waals surface area contributed by atoms with Crippen LogP contribution in [0.5, 0.6) is 5.75 Å². The minimum atomic E-state index is -0.898. The maximum atomic E-state index is 12.8. The Labute approximate surface area is 145 Å². The van der Waals surface area contributed by atoms with Gasteiger partial charge in [0.1, 0.15) is 5.75 Å². The number of hydrogen-bond donors (Lipinski definition) is 1. The summed E-state index contributed by atoms with van der Waals surface area (Å²) in [5, 5.41) is 9.28. The van der Waals surface area contributed by atoms with E-state index in [-0.39, 0.29) is 18.6 Å². The number of carbonyl (C=O) groups is 2. The standard InChI is InChI=1S/C16H21ClN2O5/c1-18(10-15(20)21)8-12-9-19(5-6-24-12)16(22)13-7-11(17)3-4-14(13)23-2/h3-4,7,12H,5-6,8-10H2,1-2H3,(H,20,21).